The molecule has 1 aliphatic rings. The average molecular weight is 438 g/mol. The van der Waals surface area contributed by atoms with Crippen LogP contribution in [0.25, 0.3) is 33.2 Å². The van der Waals surface area contributed by atoms with E-state index in [1.807, 2.05) is 25.1 Å². The van der Waals surface area contributed by atoms with E-state index in [1.165, 1.54) is 10.9 Å². The fourth-order valence-electron chi connectivity index (χ4n) is 4.65. The van der Waals surface area contributed by atoms with Crippen LogP contribution < -0.4 is 4.90 Å². The number of nitrogens with zero attached hydrogens (tertiary/aromatic N) is 6. The van der Waals surface area contributed by atoms with Gasteiger partial charge >= 0.3 is 0 Å². The van der Waals surface area contributed by atoms with Gasteiger partial charge in [0, 0.05) is 49.0 Å². The Bertz CT molecular complexity index is 1500. The highest BCUT2D eigenvalue weighted by Crippen LogP contribution is 2.31. The van der Waals surface area contributed by atoms with Crippen LogP contribution in [-0.4, -0.2) is 56.6 Å². The number of nitrogens with one attached hydrogen (secondary N) is 2. The lowest BCUT2D eigenvalue weighted by Gasteiger charge is -2.34. The number of hydrogen-bond donors (Lipinski definition) is 2. The van der Waals surface area contributed by atoms with E-state index >= 15 is 0 Å². The number of anilines is 1. The van der Waals surface area contributed by atoms with E-state index in [0.717, 1.165) is 72.0 Å². The molecule has 0 bridgehead atoms. The molecule has 164 valence electrons. The average Bonchev–Trinajstić information content (AvgIpc) is 3.57. The van der Waals surface area contributed by atoms with Crippen LogP contribution in [0.5, 0.6) is 0 Å². The van der Waals surface area contributed by atoms with Crippen molar-refractivity contribution in [1.29, 1.82) is 5.26 Å². The molecule has 0 amide bonds. The summed E-state index contributed by atoms with van der Waals surface area (Å²) in [5, 5.41) is 26.9. The smallest absolute Gasteiger partial charge is 0.196 e. The number of aryl methyl sites for hydroxylation is 1. The molecule has 0 saturated carbocycles. The summed E-state index contributed by atoms with van der Waals surface area (Å²) in [5.41, 5.74) is 6.52. The molecule has 2 N–H and O–H groups in total. The second kappa shape index (κ2) is 7.76. The van der Waals surface area contributed by atoms with Gasteiger partial charge in [0.1, 0.15) is 11.4 Å². The molecule has 0 aliphatic carbocycles. The van der Waals surface area contributed by atoms with E-state index in [0.29, 0.717) is 5.56 Å². The molecule has 0 unspecified atom stereocenters. The number of hydrogen-bond acceptors (Lipinski definition) is 7. The minimum absolute atomic E-state index is 0.617. The summed E-state index contributed by atoms with van der Waals surface area (Å²) < 4.78 is 4.86. The highest BCUT2D eigenvalue weighted by Gasteiger charge is 2.22. The maximum absolute atomic E-state index is 9.15. The van der Waals surface area contributed by atoms with Crippen LogP contribution in [0, 0.1) is 18.3 Å². The maximum Gasteiger partial charge on any atom is 0.196 e. The Morgan fingerprint density at radius 3 is 2.70 bits per heavy atom. The van der Waals surface area contributed by atoms with Gasteiger partial charge in [-0.2, -0.15) is 10.4 Å². The second-order valence-corrected chi connectivity index (χ2v) is 8.44. The molecule has 33 heavy (non-hydrogen) atoms. The molecule has 0 spiro atoms. The van der Waals surface area contributed by atoms with Crippen molar-refractivity contribution < 1.29 is 4.63 Å². The lowest BCUT2D eigenvalue weighted by molar-refractivity contribution is 0.248. The SMILES string of the molecule is Cc1nonc1N1CCN(Cc2cccc3[nH]c(-c4n[nH]c5cc(C#N)ccc45)cc23)CC1. The maximum atomic E-state index is 9.15. The minimum Gasteiger partial charge on any atom is -0.353 e. The Balaban J connectivity index is 1.25. The van der Waals surface area contributed by atoms with Gasteiger partial charge in [0.15, 0.2) is 5.82 Å². The van der Waals surface area contributed by atoms with Gasteiger partial charge in [0.2, 0.25) is 0 Å². The number of aromatic amines is 2. The summed E-state index contributed by atoms with van der Waals surface area (Å²) >= 11 is 0. The predicted molar refractivity (Wildman–Crippen MR) is 125 cm³/mol. The van der Waals surface area contributed by atoms with Crippen LogP contribution in [0.1, 0.15) is 16.8 Å². The van der Waals surface area contributed by atoms with Crippen molar-refractivity contribution in [2.45, 2.75) is 13.5 Å². The van der Waals surface area contributed by atoms with Crippen LogP contribution in [-0.2, 0) is 6.54 Å². The van der Waals surface area contributed by atoms with Crippen LogP contribution in [0.4, 0.5) is 5.82 Å². The van der Waals surface area contributed by atoms with Crippen molar-refractivity contribution >= 4 is 27.6 Å². The number of rotatable bonds is 4. The summed E-state index contributed by atoms with van der Waals surface area (Å²) in [6, 6.07) is 16.4. The number of piperazine rings is 1. The molecule has 2 aromatic carbocycles. The molecule has 1 fully saturated rings. The fraction of sp³-hybridized carbons (Fsp3) is 0.250. The van der Waals surface area contributed by atoms with E-state index in [9.17, 15) is 0 Å². The molecule has 4 heterocycles. The Morgan fingerprint density at radius 1 is 1.03 bits per heavy atom. The van der Waals surface area contributed by atoms with Crippen molar-refractivity contribution in [3.05, 3.63) is 59.3 Å². The van der Waals surface area contributed by atoms with E-state index in [-0.39, 0.29) is 0 Å². The molecule has 9 nitrogen and oxygen atoms in total. The van der Waals surface area contributed by atoms with Crippen LogP contribution >= 0.6 is 0 Å². The number of nitriles is 1. The lowest BCUT2D eigenvalue weighted by Crippen LogP contribution is -2.46. The number of benzene rings is 2. The van der Waals surface area contributed by atoms with Crippen LogP contribution in [0.3, 0.4) is 0 Å². The zero-order valence-corrected chi connectivity index (χ0v) is 18.2. The fourth-order valence-corrected chi connectivity index (χ4v) is 4.65. The molecular formula is C24H22N8O. The quantitative estimate of drug-likeness (QED) is 0.441. The van der Waals surface area contributed by atoms with Gasteiger partial charge in [-0.1, -0.05) is 17.3 Å². The molecule has 0 radical (unpaired) electrons. The van der Waals surface area contributed by atoms with Gasteiger partial charge in [0.05, 0.1) is 22.8 Å². The first-order chi connectivity index (χ1) is 16.2. The third-order valence-electron chi connectivity index (χ3n) is 6.40. The molecule has 0 atom stereocenters. The monoisotopic (exact) mass is 438 g/mol. The van der Waals surface area contributed by atoms with Gasteiger partial charge < -0.3 is 9.88 Å². The zero-order valence-electron chi connectivity index (χ0n) is 18.2. The first kappa shape index (κ1) is 19.5. The van der Waals surface area contributed by atoms with Crippen molar-refractivity contribution in [2.75, 3.05) is 31.1 Å². The van der Waals surface area contributed by atoms with Crippen molar-refractivity contribution in [2.24, 2.45) is 0 Å². The first-order valence-electron chi connectivity index (χ1n) is 11.0. The first-order valence-corrected chi connectivity index (χ1v) is 11.0. The Kier molecular flexibility index (Phi) is 4.59. The van der Waals surface area contributed by atoms with E-state index in [4.69, 9.17) is 9.89 Å². The third kappa shape index (κ3) is 3.41. The Morgan fingerprint density at radius 2 is 1.91 bits per heavy atom. The molecular weight excluding hydrogens is 416 g/mol. The summed E-state index contributed by atoms with van der Waals surface area (Å²) in [6.07, 6.45) is 0. The van der Waals surface area contributed by atoms with Gasteiger partial charge in [0.25, 0.3) is 0 Å². The highest BCUT2D eigenvalue weighted by atomic mass is 16.6. The Labute approximate surface area is 189 Å². The number of aromatic nitrogens is 5. The molecule has 9 heteroatoms. The topological polar surface area (TPSA) is 114 Å². The van der Waals surface area contributed by atoms with E-state index < -0.39 is 0 Å². The largest absolute Gasteiger partial charge is 0.353 e. The van der Waals surface area contributed by atoms with Crippen molar-refractivity contribution in [3.63, 3.8) is 0 Å². The van der Waals surface area contributed by atoms with Gasteiger partial charge in [-0.25, -0.2) is 4.63 Å². The molecule has 6 rings (SSSR count). The Hall–Kier alpha value is -4.16. The van der Waals surface area contributed by atoms with Crippen LogP contribution in [0.15, 0.2) is 47.1 Å². The van der Waals surface area contributed by atoms with Crippen molar-refractivity contribution in [3.8, 4) is 17.5 Å². The molecule has 3 aromatic heterocycles. The molecule has 1 aliphatic heterocycles. The van der Waals surface area contributed by atoms with Gasteiger partial charge in [-0.3, -0.25) is 10.00 Å². The highest BCUT2D eigenvalue weighted by molar-refractivity contribution is 5.96. The normalized spacial score (nSPS) is 14.8. The van der Waals surface area contributed by atoms with Crippen LogP contribution in [0.2, 0.25) is 0 Å². The summed E-state index contributed by atoms with van der Waals surface area (Å²) in [7, 11) is 0. The summed E-state index contributed by atoms with van der Waals surface area (Å²) in [5.74, 6) is 0.847. The molecule has 1 saturated heterocycles. The third-order valence-corrected chi connectivity index (χ3v) is 6.40. The minimum atomic E-state index is 0.617. The standard InChI is InChI=1S/C24H22N8O/c1-15-24(30-33-29-15)32-9-7-31(8-10-32)14-17-3-2-4-20-19(17)12-22(26-20)23-18-6-5-16(13-25)11-21(18)27-28-23/h2-6,11-12,26H,7-10,14H2,1H3,(H,27,28). The second-order valence-electron chi connectivity index (χ2n) is 8.44. The summed E-state index contributed by atoms with van der Waals surface area (Å²) in [6.45, 7) is 6.50. The lowest BCUT2D eigenvalue weighted by atomic mass is 10.1. The van der Waals surface area contributed by atoms with Crippen molar-refractivity contribution in [1.82, 2.24) is 30.4 Å². The van der Waals surface area contributed by atoms with E-state index in [1.54, 1.807) is 0 Å². The van der Waals surface area contributed by atoms with E-state index in [2.05, 4.69) is 65.6 Å². The number of fused-ring (bicyclic) bond motifs is 2. The van der Waals surface area contributed by atoms with Gasteiger partial charge in [-0.15, -0.1) is 0 Å². The molecule has 5 aromatic rings. The zero-order chi connectivity index (χ0) is 22.4. The predicted octanol–water partition coefficient (Wildman–Crippen LogP) is 3.60. The summed E-state index contributed by atoms with van der Waals surface area (Å²) in [4.78, 5) is 8.23. The van der Waals surface area contributed by atoms with Gasteiger partial charge in [-0.05, 0) is 48.0 Å². The number of H-pyrrole nitrogens is 2.